The van der Waals surface area contributed by atoms with Gasteiger partial charge in [-0.25, -0.2) is 0 Å². The second kappa shape index (κ2) is 4.36. The van der Waals surface area contributed by atoms with Crippen molar-refractivity contribution in [3.8, 4) is 0 Å². The highest BCUT2D eigenvalue weighted by Crippen LogP contribution is 2.43. The Morgan fingerprint density at radius 2 is 1.50 bits per heavy atom. The molecule has 18 heavy (non-hydrogen) atoms. The largest absolute Gasteiger partial charge is 0.454 e. The first-order valence-electron chi connectivity index (χ1n) is 4.84. The summed E-state index contributed by atoms with van der Waals surface area (Å²) in [6, 6.07) is 4.94. The molecule has 0 aliphatic carbocycles. The Morgan fingerprint density at radius 3 is 2.22 bits per heavy atom. The van der Waals surface area contributed by atoms with E-state index in [2.05, 4.69) is 0 Å². The van der Waals surface area contributed by atoms with E-state index in [0.717, 1.165) is 0 Å². The fraction of sp³-hybridized carbons (Fsp3) is 0. The molecule has 0 N–H and O–H groups in total. The molecule has 0 spiro atoms. The van der Waals surface area contributed by atoms with Crippen LogP contribution in [-0.4, -0.2) is 0 Å². The van der Waals surface area contributed by atoms with Crippen LogP contribution in [0, 0.1) is 0 Å². The van der Waals surface area contributed by atoms with Crippen molar-refractivity contribution in [2.45, 2.75) is 0 Å². The predicted octanol–water partition coefficient (Wildman–Crippen LogP) is 6.85. The molecule has 0 atom stereocenters. The van der Waals surface area contributed by atoms with E-state index >= 15 is 0 Å². The number of hydrogen-bond acceptors (Lipinski definition) is 1. The second-order valence-corrected chi connectivity index (χ2v) is 5.73. The van der Waals surface area contributed by atoms with Gasteiger partial charge in [-0.1, -0.05) is 58.0 Å². The highest BCUT2D eigenvalue weighted by Gasteiger charge is 2.17. The zero-order chi connectivity index (χ0) is 13.0. The number of hydrogen-bond donors (Lipinski definition) is 0. The van der Waals surface area contributed by atoms with Gasteiger partial charge < -0.3 is 4.42 Å². The first-order chi connectivity index (χ1) is 8.49. The van der Waals surface area contributed by atoms with Crippen molar-refractivity contribution in [2.24, 2.45) is 0 Å². The van der Waals surface area contributed by atoms with Gasteiger partial charge in [0.25, 0.3) is 0 Å². The van der Waals surface area contributed by atoms with Gasteiger partial charge >= 0.3 is 0 Å². The van der Waals surface area contributed by atoms with Gasteiger partial charge in [0.1, 0.15) is 5.58 Å². The van der Waals surface area contributed by atoms with E-state index < -0.39 is 0 Å². The molecule has 0 amide bonds. The molecule has 2 aromatic carbocycles. The van der Waals surface area contributed by atoms with Crippen molar-refractivity contribution in [2.75, 3.05) is 0 Å². The molecule has 0 saturated carbocycles. The van der Waals surface area contributed by atoms with Crippen LogP contribution in [0.1, 0.15) is 0 Å². The van der Waals surface area contributed by atoms with Crippen LogP contribution in [0.25, 0.3) is 21.9 Å². The Morgan fingerprint density at radius 1 is 0.778 bits per heavy atom. The topological polar surface area (TPSA) is 13.1 Å². The van der Waals surface area contributed by atoms with E-state index in [1.54, 1.807) is 18.2 Å². The van der Waals surface area contributed by atoms with Crippen molar-refractivity contribution in [1.82, 2.24) is 0 Å². The minimum Gasteiger partial charge on any atom is -0.454 e. The lowest BCUT2D eigenvalue weighted by Gasteiger charge is -2.00. The molecule has 0 bridgehead atoms. The van der Waals surface area contributed by atoms with Crippen LogP contribution in [0.15, 0.2) is 22.6 Å². The summed E-state index contributed by atoms with van der Waals surface area (Å²) < 4.78 is 5.64. The summed E-state index contributed by atoms with van der Waals surface area (Å²) in [6.45, 7) is 0. The average molecular weight is 340 g/mol. The summed E-state index contributed by atoms with van der Waals surface area (Å²) >= 11 is 30.2. The molecule has 0 unspecified atom stereocenters. The van der Waals surface area contributed by atoms with Crippen LogP contribution < -0.4 is 0 Å². The summed E-state index contributed by atoms with van der Waals surface area (Å²) in [6.07, 6.45) is 0. The molecule has 3 aromatic rings. The van der Waals surface area contributed by atoms with Crippen LogP contribution in [0.2, 0.25) is 25.1 Å². The molecular weight excluding hydrogens is 337 g/mol. The van der Waals surface area contributed by atoms with Crippen molar-refractivity contribution >= 4 is 79.9 Å². The standard InChI is InChI=1S/C12H3Cl5O/c13-4-1-5-9-8(18-12(5)7(15)2-4)3-6(14)10(16)11(9)17/h1-3H. The van der Waals surface area contributed by atoms with Crippen LogP contribution in [0.4, 0.5) is 0 Å². The molecule has 0 aliphatic rings. The number of benzene rings is 2. The lowest BCUT2D eigenvalue weighted by molar-refractivity contribution is 0.669. The lowest BCUT2D eigenvalue weighted by atomic mass is 10.1. The first kappa shape index (κ1) is 12.7. The number of halogens is 5. The third kappa shape index (κ3) is 1.77. The van der Waals surface area contributed by atoms with Crippen molar-refractivity contribution in [3.63, 3.8) is 0 Å². The van der Waals surface area contributed by atoms with Gasteiger partial charge in [0.05, 0.1) is 20.1 Å². The third-order valence-corrected chi connectivity index (χ3v) is 4.38. The Labute approximate surface area is 127 Å². The predicted molar refractivity (Wildman–Crippen MR) is 78.8 cm³/mol. The van der Waals surface area contributed by atoms with Crippen molar-refractivity contribution in [1.29, 1.82) is 0 Å². The van der Waals surface area contributed by atoms with Gasteiger partial charge in [0.2, 0.25) is 0 Å². The zero-order valence-corrected chi connectivity index (χ0v) is 12.3. The number of fused-ring (bicyclic) bond motifs is 3. The van der Waals surface area contributed by atoms with Crippen LogP contribution in [-0.2, 0) is 0 Å². The van der Waals surface area contributed by atoms with Gasteiger partial charge in [0.15, 0.2) is 5.58 Å². The van der Waals surface area contributed by atoms with Gasteiger partial charge in [-0.15, -0.1) is 0 Å². The molecule has 0 radical (unpaired) electrons. The Kier molecular flexibility index (Phi) is 3.08. The molecule has 0 fully saturated rings. The van der Waals surface area contributed by atoms with E-state index in [9.17, 15) is 0 Å². The number of rotatable bonds is 0. The van der Waals surface area contributed by atoms with Crippen molar-refractivity contribution < 1.29 is 4.42 Å². The summed E-state index contributed by atoms with van der Waals surface area (Å²) in [4.78, 5) is 0. The van der Waals surface area contributed by atoms with E-state index in [1.807, 2.05) is 0 Å². The summed E-state index contributed by atoms with van der Waals surface area (Å²) in [5.74, 6) is 0. The smallest absolute Gasteiger partial charge is 0.154 e. The highest BCUT2D eigenvalue weighted by molar-refractivity contribution is 6.51. The molecule has 1 aromatic heterocycles. The molecule has 1 nitrogen and oxygen atoms in total. The minimum absolute atomic E-state index is 0.282. The maximum absolute atomic E-state index is 6.19. The maximum atomic E-state index is 6.19. The summed E-state index contributed by atoms with van der Waals surface area (Å²) in [5, 5.41) is 3.22. The molecule has 0 aliphatic heterocycles. The molecule has 0 saturated heterocycles. The summed E-state index contributed by atoms with van der Waals surface area (Å²) in [7, 11) is 0. The van der Waals surface area contributed by atoms with Gasteiger partial charge in [-0.05, 0) is 12.1 Å². The fourth-order valence-corrected chi connectivity index (χ4v) is 3.08. The molecule has 6 heteroatoms. The third-order valence-electron chi connectivity index (χ3n) is 2.62. The first-order valence-corrected chi connectivity index (χ1v) is 6.73. The maximum Gasteiger partial charge on any atom is 0.154 e. The quantitative estimate of drug-likeness (QED) is 0.408. The van der Waals surface area contributed by atoms with Crippen LogP contribution >= 0.6 is 58.0 Å². The Bertz CT molecular complexity index is 790. The lowest BCUT2D eigenvalue weighted by Crippen LogP contribution is -1.75. The van der Waals surface area contributed by atoms with Crippen LogP contribution in [0.5, 0.6) is 0 Å². The van der Waals surface area contributed by atoms with E-state index in [1.165, 1.54) is 0 Å². The normalized spacial score (nSPS) is 11.6. The monoisotopic (exact) mass is 338 g/mol. The van der Waals surface area contributed by atoms with Crippen LogP contribution in [0.3, 0.4) is 0 Å². The SMILES string of the molecule is Clc1cc(Cl)c2oc3cc(Cl)c(Cl)c(Cl)c3c2c1. The Hall–Kier alpha value is -0.310. The van der Waals surface area contributed by atoms with E-state index in [4.69, 9.17) is 62.4 Å². The van der Waals surface area contributed by atoms with Gasteiger partial charge in [-0.2, -0.15) is 0 Å². The van der Waals surface area contributed by atoms with E-state index in [0.29, 0.717) is 42.0 Å². The molecule has 1 heterocycles. The number of furan rings is 1. The van der Waals surface area contributed by atoms with Crippen molar-refractivity contribution in [3.05, 3.63) is 43.3 Å². The zero-order valence-electron chi connectivity index (χ0n) is 8.53. The van der Waals surface area contributed by atoms with Gasteiger partial charge in [-0.3, -0.25) is 0 Å². The van der Waals surface area contributed by atoms with Gasteiger partial charge in [0, 0.05) is 21.9 Å². The average Bonchev–Trinajstić information content (AvgIpc) is 2.65. The minimum atomic E-state index is 0.282. The van der Waals surface area contributed by atoms with E-state index in [-0.39, 0.29) is 5.02 Å². The Balaban J connectivity index is 2.62. The molecule has 3 rings (SSSR count). The molecule has 92 valence electrons. The highest BCUT2D eigenvalue weighted by atomic mass is 35.5. The second-order valence-electron chi connectivity index (χ2n) is 3.73. The summed E-state index contributed by atoms with van der Waals surface area (Å²) in [5.41, 5.74) is 1.03. The fourth-order valence-electron chi connectivity index (χ4n) is 1.86. The molecular formula is C12H3Cl5O.